The average Bonchev–Trinajstić information content (AvgIpc) is 2.62. The zero-order chi connectivity index (χ0) is 18.0. The second-order valence-corrected chi connectivity index (χ2v) is 6.48. The predicted octanol–water partition coefficient (Wildman–Crippen LogP) is 2.52. The summed E-state index contributed by atoms with van der Waals surface area (Å²) in [7, 11) is 3.05. The molecular weight excluding hydrogens is 346 g/mol. The van der Waals surface area contributed by atoms with Gasteiger partial charge in [-0.3, -0.25) is 0 Å². The number of hydrogen-bond donors (Lipinski definition) is 2. The monoisotopic (exact) mass is 369 g/mol. The van der Waals surface area contributed by atoms with Gasteiger partial charge < -0.3 is 29.4 Å². The second-order valence-electron chi connectivity index (χ2n) is 6.26. The zero-order valence-corrected chi connectivity index (χ0v) is 15.4. The summed E-state index contributed by atoms with van der Waals surface area (Å²) in [6.07, 6.45) is -1.77. The standard InChI is InChI=1S/C18H24ClNO5/c1-10-6-12(7-13-11(8-19)4-5-20-15(10)13)25-18-17(23-3)16(21)14(22-2)9-24-18/h6-8,14,16-18,20-21H,4-5,9H2,1-3H3/b11-8+/t14-,16?,17?,18+/m1/s1. The van der Waals surface area contributed by atoms with Gasteiger partial charge in [-0.05, 0) is 36.6 Å². The first-order chi connectivity index (χ1) is 12.1. The Kier molecular flexibility index (Phi) is 5.86. The number of aliphatic hydroxyl groups is 1. The molecule has 1 aromatic rings. The molecule has 0 radical (unpaired) electrons. The molecule has 0 bridgehead atoms. The lowest BCUT2D eigenvalue weighted by molar-refractivity contribution is -0.253. The van der Waals surface area contributed by atoms with Gasteiger partial charge in [-0.15, -0.1) is 0 Å². The number of benzene rings is 1. The van der Waals surface area contributed by atoms with Crippen LogP contribution in [0.3, 0.4) is 0 Å². The van der Waals surface area contributed by atoms with Gasteiger partial charge in [-0.25, -0.2) is 0 Å². The molecule has 7 heteroatoms. The van der Waals surface area contributed by atoms with Crippen LogP contribution in [0.1, 0.15) is 17.5 Å². The first-order valence-corrected chi connectivity index (χ1v) is 8.72. The minimum Gasteiger partial charge on any atom is -0.462 e. The SMILES string of the molecule is COC1C(O)[C@H](OC)CO[C@H]1Oc1cc(C)c2c(c1)/C(=C/Cl)CCN2. The van der Waals surface area contributed by atoms with Crippen molar-refractivity contribution < 1.29 is 24.1 Å². The van der Waals surface area contributed by atoms with Gasteiger partial charge in [0.1, 0.15) is 24.1 Å². The fraction of sp³-hybridized carbons (Fsp3) is 0.556. The number of methoxy groups -OCH3 is 2. The van der Waals surface area contributed by atoms with Crippen molar-refractivity contribution in [1.29, 1.82) is 0 Å². The number of fused-ring (bicyclic) bond motifs is 1. The molecule has 1 fully saturated rings. The van der Waals surface area contributed by atoms with Crippen molar-refractivity contribution >= 4 is 22.9 Å². The van der Waals surface area contributed by atoms with Crippen LogP contribution >= 0.6 is 11.6 Å². The van der Waals surface area contributed by atoms with Crippen molar-refractivity contribution in [3.05, 3.63) is 28.8 Å². The summed E-state index contributed by atoms with van der Waals surface area (Å²) < 4.78 is 22.3. The van der Waals surface area contributed by atoms with Crippen LogP contribution in [0.5, 0.6) is 5.75 Å². The second kappa shape index (κ2) is 7.93. The van der Waals surface area contributed by atoms with E-state index in [4.69, 9.17) is 30.5 Å². The topological polar surface area (TPSA) is 69.2 Å². The molecule has 1 aromatic carbocycles. The van der Waals surface area contributed by atoms with Crippen LogP contribution in [0.15, 0.2) is 17.7 Å². The van der Waals surface area contributed by atoms with Crippen molar-refractivity contribution in [3.63, 3.8) is 0 Å². The number of aryl methyl sites for hydroxylation is 1. The fourth-order valence-electron chi connectivity index (χ4n) is 3.33. The molecule has 2 aliphatic rings. The largest absolute Gasteiger partial charge is 0.462 e. The number of halogens is 1. The first-order valence-electron chi connectivity index (χ1n) is 8.29. The highest BCUT2D eigenvalue weighted by molar-refractivity contribution is 6.28. The molecule has 2 N–H and O–H groups in total. The molecule has 0 amide bonds. The summed E-state index contributed by atoms with van der Waals surface area (Å²) in [6, 6.07) is 3.88. The van der Waals surface area contributed by atoms with Crippen LogP contribution in [0.4, 0.5) is 5.69 Å². The predicted molar refractivity (Wildman–Crippen MR) is 96.1 cm³/mol. The number of ether oxygens (including phenoxy) is 4. The van der Waals surface area contributed by atoms with Crippen LogP contribution in [0, 0.1) is 6.92 Å². The van der Waals surface area contributed by atoms with Gasteiger partial charge in [0.05, 0.1) is 6.61 Å². The fourth-order valence-corrected chi connectivity index (χ4v) is 3.56. The molecule has 0 aromatic heterocycles. The van der Waals surface area contributed by atoms with E-state index in [1.807, 2.05) is 19.1 Å². The number of hydrogen-bond acceptors (Lipinski definition) is 6. The van der Waals surface area contributed by atoms with Crippen molar-refractivity contribution in [1.82, 2.24) is 0 Å². The lowest BCUT2D eigenvalue weighted by Gasteiger charge is -2.38. The molecule has 3 rings (SSSR count). The summed E-state index contributed by atoms with van der Waals surface area (Å²) >= 11 is 5.98. The van der Waals surface area contributed by atoms with Gasteiger partial charge in [0, 0.05) is 37.6 Å². The molecular formula is C18H24ClNO5. The lowest BCUT2D eigenvalue weighted by Crippen LogP contribution is -2.56. The maximum atomic E-state index is 10.4. The molecule has 2 unspecified atom stereocenters. The van der Waals surface area contributed by atoms with E-state index < -0.39 is 24.6 Å². The minimum absolute atomic E-state index is 0.237. The first kappa shape index (κ1) is 18.5. The number of rotatable bonds is 4. The van der Waals surface area contributed by atoms with Gasteiger partial charge in [-0.2, -0.15) is 0 Å². The van der Waals surface area contributed by atoms with Crippen LogP contribution in [-0.4, -0.2) is 57.1 Å². The molecule has 0 aliphatic carbocycles. The van der Waals surface area contributed by atoms with Gasteiger partial charge in [0.25, 0.3) is 0 Å². The summed E-state index contributed by atoms with van der Waals surface area (Å²) in [4.78, 5) is 0. The quantitative estimate of drug-likeness (QED) is 0.850. The molecule has 2 heterocycles. The molecule has 6 nitrogen and oxygen atoms in total. The van der Waals surface area contributed by atoms with Gasteiger partial charge in [-0.1, -0.05) is 11.6 Å². The molecule has 1 saturated heterocycles. The van der Waals surface area contributed by atoms with E-state index in [1.54, 1.807) is 5.54 Å². The van der Waals surface area contributed by atoms with Crippen molar-refractivity contribution in [2.45, 2.75) is 37.9 Å². The van der Waals surface area contributed by atoms with E-state index in [9.17, 15) is 5.11 Å². The Bertz CT molecular complexity index is 651. The molecule has 4 atom stereocenters. The summed E-state index contributed by atoms with van der Waals surface area (Å²) in [5.41, 5.74) is 5.83. The Balaban J connectivity index is 1.84. The Hall–Kier alpha value is -1.31. The highest BCUT2D eigenvalue weighted by Crippen LogP contribution is 2.37. The van der Waals surface area contributed by atoms with Crippen LogP contribution in [0.25, 0.3) is 5.57 Å². The average molecular weight is 370 g/mol. The van der Waals surface area contributed by atoms with E-state index in [-0.39, 0.29) is 6.61 Å². The number of anilines is 1. The highest BCUT2D eigenvalue weighted by atomic mass is 35.5. The Morgan fingerprint density at radius 1 is 1.32 bits per heavy atom. The molecule has 25 heavy (non-hydrogen) atoms. The smallest absolute Gasteiger partial charge is 0.229 e. The third-order valence-corrected chi connectivity index (χ3v) is 4.98. The highest BCUT2D eigenvalue weighted by Gasteiger charge is 2.41. The van der Waals surface area contributed by atoms with E-state index in [0.717, 1.165) is 35.4 Å². The lowest BCUT2D eigenvalue weighted by atomic mass is 9.95. The summed E-state index contributed by atoms with van der Waals surface area (Å²) in [5, 5.41) is 13.8. The normalized spacial score (nSPS) is 30.7. The maximum absolute atomic E-state index is 10.4. The van der Waals surface area contributed by atoms with Crippen LogP contribution in [0.2, 0.25) is 0 Å². The third-order valence-electron chi connectivity index (χ3n) is 4.72. The summed E-state index contributed by atoms with van der Waals surface area (Å²) in [6.45, 7) is 3.11. The van der Waals surface area contributed by atoms with E-state index >= 15 is 0 Å². The zero-order valence-electron chi connectivity index (χ0n) is 14.6. The van der Waals surface area contributed by atoms with Crippen molar-refractivity contribution in [3.8, 4) is 5.75 Å². The minimum atomic E-state index is -0.826. The van der Waals surface area contributed by atoms with Gasteiger partial charge >= 0.3 is 0 Å². The van der Waals surface area contributed by atoms with Crippen LogP contribution < -0.4 is 10.1 Å². The van der Waals surface area contributed by atoms with Crippen LogP contribution in [-0.2, 0) is 14.2 Å². The Labute approximate surface area is 152 Å². The third kappa shape index (κ3) is 3.64. The summed E-state index contributed by atoms with van der Waals surface area (Å²) in [5.74, 6) is 0.645. The molecule has 0 saturated carbocycles. The molecule has 0 spiro atoms. The Morgan fingerprint density at radius 3 is 2.80 bits per heavy atom. The number of nitrogens with one attached hydrogen (secondary N) is 1. The molecule has 138 valence electrons. The van der Waals surface area contributed by atoms with Gasteiger partial charge in [0.15, 0.2) is 0 Å². The van der Waals surface area contributed by atoms with E-state index in [2.05, 4.69) is 5.32 Å². The van der Waals surface area contributed by atoms with Crippen molar-refractivity contribution in [2.24, 2.45) is 0 Å². The van der Waals surface area contributed by atoms with E-state index in [0.29, 0.717) is 5.75 Å². The number of aliphatic hydroxyl groups excluding tert-OH is 1. The van der Waals surface area contributed by atoms with Gasteiger partial charge in [0.2, 0.25) is 6.29 Å². The molecule has 2 aliphatic heterocycles. The van der Waals surface area contributed by atoms with E-state index in [1.165, 1.54) is 14.2 Å². The van der Waals surface area contributed by atoms with Crippen molar-refractivity contribution in [2.75, 3.05) is 32.7 Å². The maximum Gasteiger partial charge on any atom is 0.229 e. The Morgan fingerprint density at radius 2 is 2.12 bits per heavy atom.